The van der Waals surface area contributed by atoms with Gasteiger partial charge in [-0.3, -0.25) is 24.5 Å². The van der Waals surface area contributed by atoms with Gasteiger partial charge in [0.05, 0.1) is 11.6 Å². The zero-order chi connectivity index (χ0) is 46.5. The fourth-order valence-electron chi connectivity index (χ4n) is 9.00. The zero-order valence-electron chi connectivity index (χ0n) is 38.9. The van der Waals surface area contributed by atoms with Crippen LogP contribution in [0.2, 0.25) is 0 Å². The van der Waals surface area contributed by atoms with E-state index in [1.54, 1.807) is 0 Å². The Kier molecular flexibility index (Phi) is 16.1. The topological polar surface area (TPSA) is 153 Å². The summed E-state index contributed by atoms with van der Waals surface area (Å²) in [5.74, 6) is 4.20. The van der Waals surface area contributed by atoms with E-state index in [0.29, 0.717) is 37.2 Å². The fourth-order valence-corrected chi connectivity index (χ4v) is 9.00. The van der Waals surface area contributed by atoms with Crippen molar-refractivity contribution in [2.45, 2.75) is 141 Å². The minimum atomic E-state index is -1.22. The van der Waals surface area contributed by atoms with Crippen LogP contribution in [0.4, 0.5) is 17.1 Å². The summed E-state index contributed by atoms with van der Waals surface area (Å²) in [6, 6.07) is 14.8. The van der Waals surface area contributed by atoms with Gasteiger partial charge in [0, 0.05) is 52.7 Å². The number of anilines is 3. The largest absolute Gasteiger partial charge is 0.462 e. The Morgan fingerprint density at radius 3 is 1.82 bits per heavy atom. The number of esters is 2. The van der Waals surface area contributed by atoms with Gasteiger partial charge in [-0.05, 0) is 66.0 Å². The minimum absolute atomic E-state index is 0.0802. The molecule has 12 heteroatoms. The van der Waals surface area contributed by atoms with Crippen LogP contribution in [0.1, 0.15) is 146 Å². The Labute approximate surface area is 389 Å². The van der Waals surface area contributed by atoms with Crippen molar-refractivity contribution >= 4 is 56.9 Å². The molecule has 1 fully saturated rings. The highest BCUT2D eigenvalue weighted by Gasteiger charge is 2.49. The van der Waals surface area contributed by atoms with Gasteiger partial charge in [-0.1, -0.05) is 122 Å². The molecule has 12 nitrogen and oxygen atoms in total. The molecule has 0 bridgehead atoms. The van der Waals surface area contributed by atoms with E-state index in [4.69, 9.17) is 18.9 Å². The molecule has 2 aliphatic carbocycles. The number of rotatable bonds is 21. The normalized spacial score (nSPS) is 17.9. The van der Waals surface area contributed by atoms with Crippen LogP contribution in [-0.4, -0.2) is 61.3 Å². The lowest BCUT2D eigenvalue weighted by Gasteiger charge is -2.45. The van der Waals surface area contributed by atoms with Gasteiger partial charge in [-0.25, -0.2) is 0 Å². The Morgan fingerprint density at radius 1 is 0.652 bits per heavy atom. The average molecular weight is 897 g/mol. The number of carbonyl (C=O) groups excluding carboxylic acids is 4. The molecule has 7 rings (SSSR count). The van der Waals surface area contributed by atoms with Crippen molar-refractivity contribution in [2.24, 2.45) is 0 Å². The number of hydrogen-bond acceptors (Lipinski definition) is 12. The van der Waals surface area contributed by atoms with Crippen molar-refractivity contribution in [1.29, 1.82) is 0 Å². The first-order chi connectivity index (χ1) is 32.2. The van der Waals surface area contributed by atoms with Gasteiger partial charge in [-0.15, -0.1) is 0 Å². The Morgan fingerprint density at radius 2 is 1.21 bits per heavy atom. The van der Waals surface area contributed by atoms with Crippen LogP contribution < -0.4 is 21.3 Å². The quantitative estimate of drug-likeness (QED) is 0.0201. The molecule has 4 N–H and O–H groups in total. The molecule has 0 spiro atoms. The molecule has 348 valence electrons. The van der Waals surface area contributed by atoms with Crippen LogP contribution in [0.3, 0.4) is 0 Å². The second kappa shape index (κ2) is 22.3. The summed E-state index contributed by atoms with van der Waals surface area (Å²) in [4.78, 5) is 54.5. The van der Waals surface area contributed by atoms with E-state index in [9.17, 15) is 19.2 Å². The van der Waals surface area contributed by atoms with Crippen LogP contribution in [-0.2, 0) is 38.1 Å². The van der Waals surface area contributed by atoms with Crippen molar-refractivity contribution in [3.8, 4) is 24.1 Å². The van der Waals surface area contributed by atoms with Crippen LogP contribution in [0, 0.1) is 24.1 Å². The Bertz CT molecular complexity index is 2400. The summed E-state index contributed by atoms with van der Waals surface area (Å²) in [5, 5.41) is 15.6. The van der Waals surface area contributed by atoms with E-state index < -0.39 is 23.3 Å². The number of nitrogens with one attached hydrogen (secondary N) is 4. The third-order valence-corrected chi connectivity index (χ3v) is 12.5. The molecule has 1 atom stereocenters. The van der Waals surface area contributed by atoms with E-state index in [1.165, 1.54) is 0 Å². The van der Waals surface area contributed by atoms with Crippen molar-refractivity contribution < 1.29 is 38.1 Å². The SMILES string of the molecule is CCCCCOC#CC1(C#COCCCCC)Nc2cccc3c(C4C(=O)C(=C5C=CC6NC(COC(=O)CCCCC)(COC(=O)CCCCC)Nc7cccc5c76)C4=O)ccc(c23)N1. The molecular formula is C54H64N4O8. The van der Waals surface area contributed by atoms with Crippen molar-refractivity contribution in [1.82, 2.24) is 5.32 Å². The Hall–Kier alpha value is -6.24. The highest BCUT2D eigenvalue weighted by atomic mass is 16.6. The van der Waals surface area contributed by atoms with Crippen molar-refractivity contribution in [3.63, 3.8) is 0 Å². The third-order valence-electron chi connectivity index (χ3n) is 12.5. The molecule has 1 saturated carbocycles. The van der Waals surface area contributed by atoms with Gasteiger partial charge in [0.1, 0.15) is 44.6 Å². The first kappa shape index (κ1) is 47.7. The van der Waals surface area contributed by atoms with E-state index in [2.05, 4.69) is 73.0 Å². The first-order valence-electron chi connectivity index (χ1n) is 24.1. The lowest BCUT2D eigenvalue weighted by atomic mass is 9.68. The molecule has 1 unspecified atom stereocenters. The third kappa shape index (κ3) is 10.7. The summed E-state index contributed by atoms with van der Waals surface area (Å²) in [6.07, 6.45) is 21.4. The molecule has 0 amide bonds. The molecule has 0 aromatic heterocycles. The van der Waals surface area contributed by atoms with Gasteiger partial charge in [0.2, 0.25) is 5.66 Å². The molecule has 3 aromatic rings. The Balaban J connectivity index is 1.14. The van der Waals surface area contributed by atoms with Crippen molar-refractivity contribution in [2.75, 3.05) is 42.4 Å². The predicted molar refractivity (Wildman–Crippen MR) is 258 cm³/mol. The minimum Gasteiger partial charge on any atom is -0.462 e. The van der Waals surface area contributed by atoms with Crippen LogP contribution in [0.5, 0.6) is 0 Å². The van der Waals surface area contributed by atoms with Gasteiger partial charge in [0.25, 0.3) is 0 Å². The molecule has 66 heavy (non-hydrogen) atoms. The average Bonchev–Trinajstić information content (AvgIpc) is 3.32. The number of ketones is 2. The van der Waals surface area contributed by atoms with E-state index in [1.807, 2.05) is 60.7 Å². The second-order valence-corrected chi connectivity index (χ2v) is 17.6. The number of allylic oxidation sites excluding steroid dienone is 3. The molecule has 3 aromatic carbocycles. The van der Waals surface area contributed by atoms with Gasteiger partial charge < -0.3 is 34.9 Å². The highest BCUT2D eigenvalue weighted by molar-refractivity contribution is 6.46. The van der Waals surface area contributed by atoms with Crippen LogP contribution in [0.25, 0.3) is 16.3 Å². The van der Waals surface area contributed by atoms with Crippen molar-refractivity contribution in [3.05, 3.63) is 82.9 Å². The number of benzene rings is 3. The fraction of sp³-hybridized carbons (Fsp3) is 0.481. The highest BCUT2D eigenvalue weighted by Crippen LogP contribution is 2.49. The number of unbranched alkanes of at least 4 members (excludes halogenated alkanes) is 8. The standard InChI is InChI=1S/C54H64N4O8/c1-5-9-13-23-45(59)65-35-54(36-66-46(60)24-14-10-6-2)57-42-22-18-20-38-40(26-28-44(58-54)48(38)42)50-51(61)49(52(50)62)39-25-27-43-47-37(39)19-17-21-41(47)55-53(56-43,29-33-63-31-15-11-7-3)30-34-64-32-16-12-8-4/h17-22,25-28,44,49,55-58H,5-16,23-24,31-32,35-36H2,1-4H3. The summed E-state index contributed by atoms with van der Waals surface area (Å²) >= 11 is 0. The van der Waals surface area contributed by atoms with Gasteiger partial charge in [-0.2, -0.15) is 0 Å². The maximum absolute atomic E-state index is 14.4. The maximum atomic E-state index is 14.4. The molecule has 0 saturated heterocycles. The molecule has 2 aliphatic heterocycles. The lowest BCUT2D eigenvalue weighted by molar-refractivity contribution is -0.150. The lowest BCUT2D eigenvalue weighted by Crippen LogP contribution is -2.62. The molecule has 4 aliphatic rings. The molecule has 2 heterocycles. The zero-order valence-corrected chi connectivity index (χ0v) is 38.9. The number of hydrogen-bond donors (Lipinski definition) is 4. The summed E-state index contributed by atoms with van der Waals surface area (Å²) in [5.41, 5.74) is 2.77. The molecular weight excluding hydrogens is 833 g/mol. The first-order valence-corrected chi connectivity index (χ1v) is 24.1. The summed E-state index contributed by atoms with van der Waals surface area (Å²) < 4.78 is 23.0. The van der Waals surface area contributed by atoms with Gasteiger partial charge >= 0.3 is 11.9 Å². The van der Waals surface area contributed by atoms with Crippen LogP contribution >= 0.6 is 0 Å². The number of ether oxygens (including phenoxy) is 4. The molecule has 0 radical (unpaired) electrons. The van der Waals surface area contributed by atoms with E-state index in [0.717, 1.165) is 116 Å². The van der Waals surface area contributed by atoms with E-state index >= 15 is 0 Å². The summed E-state index contributed by atoms with van der Waals surface area (Å²) in [6.45, 7) is 9.30. The maximum Gasteiger partial charge on any atom is 0.305 e. The van der Waals surface area contributed by atoms with Gasteiger partial charge in [0.15, 0.2) is 17.2 Å². The predicted octanol–water partition coefficient (Wildman–Crippen LogP) is 9.97. The second-order valence-electron chi connectivity index (χ2n) is 17.6. The number of carbonyl (C=O) groups is 4. The monoisotopic (exact) mass is 896 g/mol. The van der Waals surface area contributed by atoms with Crippen LogP contribution in [0.15, 0.2) is 66.3 Å². The summed E-state index contributed by atoms with van der Waals surface area (Å²) in [7, 11) is 0. The smallest absolute Gasteiger partial charge is 0.305 e. The van der Waals surface area contributed by atoms with E-state index in [-0.39, 0.29) is 42.3 Å². The number of Topliss-reactive ketones (excluding diaryl/α,β-unsaturated/α-hetero) is 2.